The zero-order valence-electron chi connectivity index (χ0n) is 8.46. The van der Waals surface area contributed by atoms with Crippen LogP contribution < -0.4 is 5.32 Å². The number of aryl methyl sites for hydroxylation is 1. The molecule has 1 saturated heterocycles. The first-order chi connectivity index (χ1) is 6.79. The molecule has 1 fully saturated rings. The van der Waals surface area contributed by atoms with Gasteiger partial charge in [-0.05, 0) is 19.4 Å². The van der Waals surface area contributed by atoms with Gasteiger partial charge in [0.05, 0.1) is 23.0 Å². The second-order valence-corrected chi connectivity index (χ2v) is 4.26. The van der Waals surface area contributed by atoms with E-state index in [2.05, 4.69) is 10.4 Å². The molecule has 1 aliphatic heterocycles. The Balaban J connectivity index is 2.19. The molecule has 0 unspecified atom stereocenters. The summed E-state index contributed by atoms with van der Waals surface area (Å²) in [6.07, 6.45) is 6.76. The molecule has 0 bridgehead atoms. The summed E-state index contributed by atoms with van der Waals surface area (Å²) in [4.78, 5) is 0. The summed E-state index contributed by atoms with van der Waals surface area (Å²) in [6.45, 7) is 1.09. The number of hydrogen-bond donors (Lipinski definition) is 1. The van der Waals surface area contributed by atoms with Gasteiger partial charge in [-0.15, -0.1) is 0 Å². The average Bonchev–Trinajstić information content (AvgIpc) is 2.45. The van der Waals surface area contributed by atoms with Crippen LogP contribution in [0.5, 0.6) is 0 Å². The molecule has 14 heavy (non-hydrogen) atoms. The van der Waals surface area contributed by atoms with Crippen LogP contribution in [0.2, 0.25) is 5.02 Å². The van der Waals surface area contributed by atoms with Crippen LogP contribution in [0, 0.1) is 0 Å². The van der Waals surface area contributed by atoms with Gasteiger partial charge in [-0.3, -0.25) is 4.68 Å². The van der Waals surface area contributed by atoms with Crippen molar-refractivity contribution in [3.05, 3.63) is 16.9 Å². The first kappa shape index (κ1) is 9.99. The van der Waals surface area contributed by atoms with E-state index >= 15 is 0 Å². The highest BCUT2D eigenvalue weighted by atomic mass is 35.5. The van der Waals surface area contributed by atoms with E-state index in [1.54, 1.807) is 6.20 Å². The predicted octanol–water partition coefficient (Wildman–Crippen LogP) is 2.28. The fourth-order valence-electron chi connectivity index (χ4n) is 2.07. The van der Waals surface area contributed by atoms with Crippen molar-refractivity contribution in [3.63, 3.8) is 0 Å². The molecular weight excluding hydrogens is 198 g/mol. The predicted molar refractivity (Wildman–Crippen MR) is 57.4 cm³/mol. The van der Waals surface area contributed by atoms with Crippen molar-refractivity contribution >= 4 is 11.6 Å². The normalized spacial score (nSPS) is 23.4. The van der Waals surface area contributed by atoms with Crippen molar-refractivity contribution < 1.29 is 0 Å². The van der Waals surface area contributed by atoms with Crippen molar-refractivity contribution in [2.75, 3.05) is 6.54 Å². The zero-order chi connectivity index (χ0) is 9.97. The third-order valence-electron chi connectivity index (χ3n) is 2.83. The Labute approximate surface area is 89.4 Å². The zero-order valence-corrected chi connectivity index (χ0v) is 9.22. The van der Waals surface area contributed by atoms with Crippen molar-refractivity contribution in [2.45, 2.75) is 31.7 Å². The van der Waals surface area contributed by atoms with Crippen LogP contribution >= 0.6 is 11.6 Å². The molecule has 2 heterocycles. The minimum absolute atomic E-state index is 0.387. The molecule has 4 heteroatoms. The quantitative estimate of drug-likeness (QED) is 0.776. The Morgan fingerprint density at radius 1 is 1.50 bits per heavy atom. The summed E-state index contributed by atoms with van der Waals surface area (Å²) in [5.74, 6) is 0. The van der Waals surface area contributed by atoms with E-state index in [1.807, 2.05) is 11.7 Å². The highest BCUT2D eigenvalue weighted by Crippen LogP contribution is 2.27. The van der Waals surface area contributed by atoms with Gasteiger partial charge in [-0.1, -0.05) is 24.4 Å². The van der Waals surface area contributed by atoms with Gasteiger partial charge in [0.2, 0.25) is 0 Å². The minimum atomic E-state index is 0.387. The van der Waals surface area contributed by atoms with E-state index in [1.165, 1.54) is 25.7 Å². The van der Waals surface area contributed by atoms with Crippen LogP contribution in [0.1, 0.15) is 37.4 Å². The molecule has 1 aromatic heterocycles. The molecule has 1 atom stereocenters. The maximum absolute atomic E-state index is 6.11. The molecule has 0 amide bonds. The lowest BCUT2D eigenvalue weighted by molar-refractivity contribution is 0.495. The molecule has 2 rings (SSSR count). The van der Waals surface area contributed by atoms with Gasteiger partial charge in [0, 0.05) is 7.05 Å². The molecule has 1 N–H and O–H groups in total. The Bertz CT molecular complexity index is 281. The molecule has 0 saturated carbocycles. The van der Waals surface area contributed by atoms with Crippen LogP contribution in [0.15, 0.2) is 6.20 Å². The van der Waals surface area contributed by atoms with Crippen molar-refractivity contribution in [2.24, 2.45) is 7.05 Å². The highest BCUT2D eigenvalue weighted by Gasteiger charge is 2.19. The molecule has 3 nitrogen and oxygen atoms in total. The number of aromatic nitrogens is 2. The van der Waals surface area contributed by atoms with E-state index in [9.17, 15) is 0 Å². The Morgan fingerprint density at radius 3 is 3.07 bits per heavy atom. The summed E-state index contributed by atoms with van der Waals surface area (Å²) in [5, 5.41) is 8.47. The van der Waals surface area contributed by atoms with Gasteiger partial charge in [-0.25, -0.2) is 0 Å². The summed E-state index contributed by atoms with van der Waals surface area (Å²) < 4.78 is 1.88. The summed E-state index contributed by atoms with van der Waals surface area (Å²) >= 11 is 6.11. The Morgan fingerprint density at radius 2 is 2.36 bits per heavy atom. The molecule has 0 aliphatic carbocycles. The van der Waals surface area contributed by atoms with E-state index in [0.29, 0.717) is 6.04 Å². The van der Waals surface area contributed by atoms with Crippen molar-refractivity contribution in [3.8, 4) is 0 Å². The van der Waals surface area contributed by atoms with Crippen LogP contribution in [0.4, 0.5) is 0 Å². The summed E-state index contributed by atoms with van der Waals surface area (Å²) in [5.41, 5.74) is 1.13. The molecule has 0 spiro atoms. The number of nitrogens with zero attached hydrogens (tertiary/aromatic N) is 2. The van der Waals surface area contributed by atoms with Crippen molar-refractivity contribution in [1.29, 1.82) is 0 Å². The maximum Gasteiger partial charge on any atom is 0.0833 e. The number of nitrogens with one attached hydrogen (secondary N) is 1. The molecule has 0 radical (unpaired) electrons. The number of halogens is 1. The van der Waals surface area contributed by atoms with Gasteiger partial charge in [0.1, 0.15) is 0 Å². The fraction of sp³-hybridized carbons (Fsp3) is 0.700. The fourth-order valence-corrected chi connectivity index (χ4v) is 2.37. The second-order valence-electron chi connectivity index (χ2n) is 3.86. The van der Waals surface area contributed by atoms with E-state index in [4.69, 9.17) is 11.6 Å². The van der Waals surface area contributed by atoms with E-state index < -0.39 is 0 Å². The summed E-state index contributed by atoms with van der Waals surface area (Å²) in [6, 6.07) is 0.387. The topological polar surface area (TPSA) is 29.9 Å². The van der Waals surface area contributed by atoms with Crippen LogP contribution in [-0.2, 0) is 7.05 Å². The van der Waals surface area contributed by atoms with Gasteiger partial charge >= 0.3 is 0 Å². The lowest BCUT2D eigenvalue weighted by atomic mass is 10.1. The first-order valence-electron chi connectivity index (χ1n) is 5.20. The standard InChI is InChI=1S/C10H16ClN3/c1-14-10(8(11)7-13-14)9-5-3-2-4-6-12-9/h7,9,12H,2-6H2,1H3/t9-/m1/s1. The smallest absolute Gasteiger partial charge is 0.0833 e. The second kappa shape index (κ2) is 4.32. The maximum atomic E-state index is 6.11. The Hall–Kier alpha value is -0.540. The summed E-state index contributed by atoms with van der Waals surface area (Å²) in [7, 11) is 1.95. The molecule has 0 aromatic carbocycles. The molecule has 1 aliphatic rings. The molecule has 78 valence electrons. The third-order valence-corrected chi connectivity index (χ3v) is 3.12. The Kier molecular flexibility index (Phi) is 3.08. The van der Waals surface area contributed by atoms with Gasteiger partial charge < -0.3 is 5.32 Å². The van der Waals surface area contributed by atoms with Crippen LogP contribution in [0.3, 0.4) is 0 Å². The number of hydrogen-bond acceptors (Lipinski definition) is 2. The van der Waals surface area contributed by atoms with E-state index in [0.717, 1.165) is 17.3 Å². The average molecular weight is 214 g/mol. The monoisotopic (exact) mass is 213 g/mol. The number of rotatable bonds is 1. The van der Waals surface area contributed by atoms with Crippen LogP contribution in [0.25, 0.3) is 0 Å². The van der Waals surface area contributed by atoms with Gasteiger partial charge in [-0.2, -0.15) is 5.10 Å². The lowest BCUT2D eigenvalue weighted by Gasteiger charge is -2.16. The van der Waals surface area contributed by atoms with Gasteiger partial charge in [0.25, 0.3) is 0 Å². The largest absolute Gasteiger partial charge is 0.309 e. The van der Waals surface area contributed by atoms with Gasteiger partial charge in [0.15, 0.2) is 0 Å². The molecular formula is C10H16ClN3. The first-order valence-corrected chi connectivity index (χ1v) is 5.57. The highest BCUT2D eigenvalue weighted by molar-refractivity contribution is 6.31. The lowest BCUT2D eigenvalue weighted by Crippen LogP contribution is -2.22. The van der Waals surface area contributed by atoms with E-state index in [-0.39, 0.29) is 0 Å². The molecule has 1 aromatic rings. The van der Waals surface area contributed by atoms with Crippen LogP contribution in [-0.4, -0.2) is 16.3 Å². The minimum Gasteiger partial charge on any atom is -0.309 e. The SMILES string of the molecule is Cn1ncc(Cl)c1[C@H]1CCCCCN1. The van der Waals surface area contributed by atoms with Crippen molar-refractivity contribution in [1.82, 2.24) is 15.1 Å². The third kappa shape index (κ3) is 1.93.